The molecule has 1 aromatic carbocycles. The third kappa shape index (κ3) is 6.65. The minimum atomic E-state index is -3.59. The maximum absolute atomic E-state index is 14.0. The molecule has 1 heterocycles. The third-order valence-corrected chi connectivity index (χ3v) is 5.86. The Morgan fingerprint density at radius 1 is 1.17 bits per heavy atom. The number of carbonyl (C=O) groups is 1. The highest BCUT2D eigenvalue weighted by Gasteiger charge is 2.23. The first-order valence-corrected chi connectivity index (χ1v) is 10.5. The Morgan fingerprint density at radius 3 is 2.43 bits per heavy atom. The molecule has 2 N–H and O–H groups in total. The summed E-state index contributed by atoms with van der Waals surface area (Å²) in [6, 6.07) is 6.63. The van der Waals surface area contributed by atoms with Crippen LogP contribution in [0.2, 0.25) is 0 Å². The molecular formula is C19H26FN5O4S. The molecule has 0 saturated carbocycles. The summed E-state index contributed by atoms with van der Waals surface area (Å²) in [7, 11) is 0.702. The number of nitrogens with one attached hydrogen (secondary N) is 2. The number of aromatic nitrogens is 1. The number of hydrogen-bond donors (Lipinski definition) is 2. The molecule has 1 atom stereocenters. The summed E-state index contributed by atoms with van der Waals surface area (Å²) >= 11 is 0. The van der Waals surface area contributed by atoms with E-state index >= 15 is 0 Å². The van der Waals surface area contributed by atoms with Crippen LogP contribution in [0.4, 0.5) is 20.6 Å². The predicted octanol–water partition coefficient (Wildman–Crippen LogP) is 2.68. The predicted molar refractivity (Wildman–Crippen MR) is 113 cm³/mol. The lowest BCUT2D eigenvalue weighted by Gasteiger charge is -2.24. The van der Waals surface area contributed by atoms with E-state index in [1.165, 1.54) is 33.4 Å². The fourth-order valence-electron chi connectivity index (χ4n) is 2.54. The first-order valence-electron chi connectivity index (χ1n) is 9.09. The Hall–Kier alpha value is -2.76. The van der Waals surface area contributed by atoms with Crippen LogP contribution in [0.1, 0.15) is 12.6 Å². The molecule has 0 spiro atoms. The molecule has 0 aliphatic rings. The second-order valence-corrected chi connectivity index (χ2v) is 9.19. The molecule has 164 valence electrons. The molecule has 9 nitrogen and oxygen atoms in total. The van der Waals surface area contributed by atoms with Crippen LogP contribution in [0.5, 0.6) is 5.75 Å². The summed E-state index contributed by atoms with van der Waals surface area (Å²) < 4.78 is 46.0. The van der Waals surface area contributed by atoms with E-state index in [0.717, 1.165) is 26.4 Å². The molecule has 0 bridgehead atoms. The van der Waals surface area contributed by atoms with E-state index in [1.54, 1.807) is 19.1 Å². The quantitative estimate of drug-likeness (QED) is 0.658. The average molecular weight is 440 g/mol. The summed E-state index contributed by atoms with van der Waals surface area (Å²) in [5, 5.41) is 5.13. The van der Waals surface area contributed by atoms with Crippen LogP contribution < -0.4 is 15.4 Å². The van der Waals surface area contributed by atoms with Gasteiger partial charge in [0.05, 0.1) is 18.4 Å². The van der Waals surface area contributed by atoms with Gasteiger partial charge >= 0.3 is 6.03 Å². The van der Waals surface area contributed by atoms with Crippen molar-refractivity contribution in [2.45, 2.75) is 20.0 Å². The number of hydrogen-bond acceptors (Lipinski definition) is 5. The number of anilines is 2. The topological polar surface area (TPSA) is 104 Å². The van der Waals surface area contributed by atoms with Crippen LogP contribution in [-0.4, -0.2) is 61.8 Å². The van der Waals surface area contributed by atoms with Gasteiger partial charge in [-0.05, 0) is 32.0 Å². The number of aryl methyl sites for hydroxylation is 1. The number of urea groups is 1. The second-order valence-electron chi connectivity index (χ2n) is 6.94. The van der Waals surface area contributed by atoms with Crippen LogP contribution in [0, 0.1) is 12.7 Å². The summed E-state index contributed by atoms with van der Waals surface area (Å²) in [5.41, 5.74) is 1.49. The molecule has 0 aliphatic carbocycles. The van der Waals surface area contributed by atoms with E-state index < -0.39 is 28.2 Å². The summed E-state index contributed by atoms with van der Waals surface area (Å²) in [6.07, 6.45) is 0.946. The van der Waals surface area contributed by atoms with E-state index in [0.29, 0.717) is 5.69 Å². The molecule has 0 unspecified atom stereocenters. The zero-order chi connectivity index (χ0) is 22.5. The highest BCUT2D eigenvalue weighted by Crippen LogP contribution is 2.22. The maximum Gasteiger partial charge on any atom is 0.323 e. The number of benzene rings is 1. The number of halogens is 1. The van der Waals surface area contributed by atoms with Crippen LogP contribution in [-0.2, 0) is 10.2 Å². The SMILES string of the molecule is Cc1ccc(NC(=O)Nc2cc(F)cc(O[C@H](C)CN(C)S(=O)(=O)N(C)C)c2)cn1. The Balaban J connectivity index is 2.02. The highest BCUT2D eigenvalue weighted by molar-refractivity contribution is 7.86. The van der Waals surface area contributed by atoms with Gasteiger partial charge in [-0.1, -0.05) is 0 Å². The fourth-order valence-corrected chi connectivity index (χ4v) is 3.50. The van der Waals surface area contributed by atoms with Gasteiger partial charge in [0.15, 0.2) is 0 Å². The van der Waals surface area contributed by atoms with Gasteiger partial charge in [0, 0.05) is 44.7 Å². The number of rotatable bonds is 8. The Bertz CT molecular complexity index is 983. The van der Waals surface area contributed by atoms with Crippen molar-refractivity contribution in [1.29, 1.82) is 0 Å². The van der Waals surface area contributed by atoms with Crippen LogP contribution in [0.15, 0.2) is 36.5 Å². The Labute approximate surface area is 176 Å². The van der Waals surface area contributed by atoms with E-state index in [1.807, 2.05) is 6.92 Å². The van der Waals surface area contributed by atoms with Gasteiger partial charge in [-0.3, -0.25) is 4.98 Å². The number of amides is 2. The van der Waals surface area contributed by atoms with Gasteiger partial charge in [-0.25, -0.2) is 9.18 Å². The molecule has 11 heteroatoms. The fraction of sp³-hybridized carbons (Fsp3) is 0.368. The number of nitrogens with zero attached hydrogens (tertiary/aromatic N) is 3. The molecule has 2 aromatic rings. The van der Waals surface area contributed by atoms with Gasteiger partial charge in [-0.15, -0.1) is 0 Å². The largest absolute Gasteiger partial charge is 0.489 e. The second kappa shape index (κ2) is 9.83. The molecule has 1 aromatic heterocycles. The van der Waals surface area contributed by atoms with Gasteiger partial charge in [-0.2, -0.15) is 17.0 Å². The van der Waals surface area contributed by atoms with Crippen molar-refractivity contribution in [3.63, 3.8) is 0 Å². The Morgan fingerprint density at radius 2 is 1.83 bits per heavy atom. The minimum absolute atomic E-state index is 0.0562. The molecule has 0 fully saturated rings. The average Bonchev–Trinajstić information content (AvgIpc) is 2.62. The van der Waals surface area contributed by atoms with Crippen molar-refractivity contribution in [3.8, 4) is 5.75 Å². The standard InChI is InChI=1S/C19H26FN5O4S/c1-13-6-7-16(11-21-13)22-19(26)23-17-8-15(20)9-18(10-17)29-14(2)12-25(5)30(27,28)24(3)4/h6-11,14H,12H2,1-5H3,(H2,22,23,26)/t14-/m1/s1. The zero-order valence-electron chi connectivity index (χ0n) is 17.5. The summed E-state index contributed by atoms with van der Waals surface area (Å²) in [4.78, 5) is 16.2. The van der Waals surface area contributed by atoms with Crippen LogP contribution >= 0.6 is 0 Å². The van der Waals surface area contributed by atoms with Crippen molar-refractivity contribution in [3.05, 3.63) is 48.0 Å². The highest BCUT2D eigenvalue weighted by atomic mass is 32.2. The lowest BCUT2D eigenvalue weighted by molar-refractivity contribution is 0.192. The van der Waals surface area contributed by atoms with Crippen molar-refractivity contribution in [1.82, 2.24) is 13.6 Å². The van der Waals surface area contributed by atoms with Gasteiger partial charge in [0.2, 0.25) is 0 Å². The van der Waals surface area contributed by atoms with E-state index in [4.69, 9.17) is 4.74 Å². The number of ether oxygens (including phenoxy) is 1. The van der Waals surface area contributed by atoms with Crippen LogP contribution in [0.25, 0.3) is 0 Å². The van der Waals surface area contributed by atoms with Crippen LogP contribution in [0.3, 0.4) is 0 Å². The molecule has 30 heavy (non-hydrogen) atoms. The van der Waals surface area contributed by atoms with Crippen molar-refractivity contribution >= 4 is 27.6 Å². The zero-order valence-corrected chi connectivity index (χ0v) is 18.3. The van der Waals surface area contributed by atoms with E-state index in [9.17, 15) is 17.6 Å². The summed E-state index contributed by atoms with van der Waals surface area (Å²) in [5.74, 6) is -0.452. The molecule has 0 aliphatic heterocycles. The lowest BCUT2D eigenvalue weighted by Crippen LogP contribution is -2.41. The Kier molecular flexibility index (Phi) is 7.71. The van der Waals surface area contributed by atoms with Gasteiger partial charge in [0.1, 0.15) is 17.7 Å². The number of carbonyl (C=O) groups excluding carboxylic acids is 1. The minimum Gasteiger partial charge on any atom is -0.489 e. The molecule has 0 radical (unpaired) electrons. The van der Waals surface area contributed by atoms with Crippen molar-refractivity contribution < 1.29 is 22.3 Å². The lowest BCUT2D eigenvalue weighted by atomic mass is 10.3. The smallest absolute Gasteiger partial charge is 0.323 e. The number of likely N-dealkylation sites (N-methyl/N-ethyl adjacent to an activating group) is 1. The van der Waals surface area contributed by atoms with E-state index in [2.05, 4.69) is 15.6 Å². The maximum atomic E-state index is 14.0. The first-order chi connectivity index (χ1) is 14.0. The van der Waals surface area contributed by atoms with E-state index in [-0.39, 0.29) is 18.0 Å². The van der Waals surface area contributed by atoms with Crippen molar-refractivity contribution in [2.75, 3.05) is 38.3 Å². The first kappa shape index (κ1) is 23.5. The monoisotopic (exact) mass is 439 g/mol. The molecule has 2 rings (SSSR count). The summed E-state index contributed by atoms with van der Waals surface area (Å²) in [6.45, 7) is 3.55. The normalized spacial score (nSPS) is 12.7. The van der Waals surface area contributed by atoms with Gasteiger partial charge in [0.25, 0.3) is 10.2 Å². The third-order valence-electron chi connectivity index (χ3n) is 4.01. The molecule has 2 amide bonds. The van der Waals surface area contributed by atoms with Crippen molar-refractivity contribution in [2.24, 2.45) is 0 Å². The molecule has 0 saturated heterocycles. The van der Waals surface area contributed by atoms with Gasteiger partial charge < -0.3 is 15.4 Å². The number of pyridine rings is 1. The molecular weight excluding hydrogens is 413 g/mol.